The highest BCUT2D eigenvalue weighted by Gasteiger charge is 2.22. The van der Waals surface area contributed by atoms with Gasteiger partial charge in [0.2, 0.25) is 21.8 Å². The fraction of sp³-hybridized carbons (Fsp3) is 0.529. The number of rotatable bonds is 6. The van der Waals surface area contributed by atoms with Crippen molar-refractivity contribution >= 4 is 39.1 Å². The Morgan fingerprint density at radius 2 is 1.89 bits per heavy atom. The van der Waals surface area contributed by atoms with Crippen LogP contribution in [0.5, 0.6) is 0 Å². The van der Waals surface area contributed by atoms with E-state index in [2.05, 4.69) is 5.32 Å². The lowest BCUT2D eigenvalue weighted by Crippen LogP contribution is -3.15. The Hall–Kier alpha value is -1.68. The molecule has 0 unspecified atom stereocenters. The molecule has 0 radical (unpaired) electrons. The zero-order chi connectivity index (χ0) is 20.2. The number of sulfonamides is 1. The molecule has 0 bridgehead atoms. The van der Waals surface area contributed by atoms with E-state index in [1.165, 1.54) is 37.2 Å². The first kappa shape index (κ1) is 21.6. The highest BCUT2D eigenvalue weighted by molar-refractivity contribution is 7.89. The maximum absolute atomic E-state index is 12.3. The van der Waals surface area contributed by atoms with Crippen molar-refractivity contribution < 1.29 is 22.9 Å². The molecule has 1 aliphatic rings. The number of quaternary nitrogens is 1. The number of nitrogens with zero attached hydrogens (tertiary/aromatic N) is 2. The van der Waals surface area contributed by atoms with Gasteiger partial charge >= 0.3 is 0 Å². The summed E-state index contributed by atoms with van der Waals surface area (Å²) < 4.78 is 25.6. The monoisotopic (exact) mass is 417 g/mol. The number of carbonyl (C=O) groups excluding carboxylic acids is 2. The molecule has 2 amide bonds. The van der Waals surface area contributed by atoms with Crippen molar-refractivity contribution in [3.05, 3.63) is 23.2 Å². The quantitative estimate of drug-likeness (QED) is 0.662. The van der Waals surface area contributed by atoms with Crippen LogP contribution in [0.1, 0.15) is 13.3 Å². The maximum atomic E-state index is 12.3. The smallest absolute Gasteiger partial charge is 0.242 e. The number of carbonyl (C=O) groups is 2. The normalized spacial score (nSPS) is 15.8. The third-order valence-electron chi connectivity index (χ3n) is 4.61. The molecule has 0 aliphatic carbocycles. The molecular weight excluding hydrogens is 392 g/mol. The second-order valence-electron chi connectivity index (χ2n) is 6.73. The summed E-state index contributed by atoms with van der Waals surface area (Å²) >= 11 is 6.10. The summed E-state index contributed by atoms with van der Waals surface area (Å²) in [6.07, 6.45) is 0.288. The first-order valence-corrected chi connectivity index (χ1v) is 10.5. The van der Waals surface area contributed by atoms with Gasteiger partial charge in [0, 0.05) is 21.0 Å². The van der Waals surface area contributed by atoms with Crippen molar-refractivity contribution in [1.82, 2.24) is 9.21 Å². The fourth-order valence-corrected chi connectivity index (χ4v) is 3.96. The molecule has 0 aromatic heterocycles. The first-order valence-electron chi connectivity index (χ1n) is 8.72. The van der Waals surface area contributed by atoms with E-state index in [-0.39, 0.29) is 33.8 Å². The molecule has 0 saturated carbocycles. The van der Waals surface area contributed by atoms with Crippen LogP contribution in [-0.2, 0) is 19.6 Å². The Morgan fingerprint density at radius 3 is 2.44 bits per heavy atom. The van der Waals surface area contributed by atoms with E-state index in [4.69, 9.17) is 11.6 Å². The van der Waals surface area contributed by atoms with Crippen molar-refractivity contribution in [3.63, 3.8) is 0 Å². The van der Waals surface area contributed by atoms with Gasteiger partial charge in [0.25, 0.3) is 0 Å². The molecule has 2 N–H and O–H groups in total. The van der Waals surface area contributed by atoms with Gasteiger partial charge in [-0.25, -0.2) is 12.7 Å². The second-order valence-corrected chi connectivity index (χ2v) is 9.29. The van der Waals surface area contributed by atoms with E-state index in [0.717, 1.165) is 17.4 Å². The molecule has 0 spiro atoms. The molecule has 8 nitrogen and oxygen atoms in total. The Morgan fingerprint density at radius 1 is 1.26 bits per heavy atom. The number of halogens is 1. The van der Waals surface area contributed by atoms with Crippen LogP contribution < -0.4 is 10.2 Å². The number of amides is 2. The number of anilines is 1. The zero-order valence-corrected chi connectivity index (χ0v) is 17.4. The molecule has 1 aromatic carbocycles. The van der Waals surface area contributed by atoms with Crippen molar-refractivity contribution in [2.24, 2.45) is 0 Å². The van der Waals surface area contributed by atoms with E-state index < -0.39 is 10.0 Å². The fourth-order valence-electron chi connectivity index (χ4n) is 2.86. The third-order valence-corrected chi connectivity index (χ3v) is 6.75. The van der Waals surface area contributed by atoms with Crippen LogP contribution in [0.3, 0.4) is 0 Å². The summed E-state index contributed by atoms with van der Waals surface area (Å²) in [6.45, 7) is 5.22. The van der Waals surface area contributed by atoms with Gasteiger partial charge in [0.15, 0.2) is 0 Å². The number of hydrogen-bond donors (Lipinski definition) is 2. The molecule has 1 heterocycles. The van der Waals surface area contributed by atoms with Crippen molar-refractivity contribution in [2.75, 3.05) is 52.1 Å². The van der Waals surface area contributed by atoms with Gasteiger partial charge in [-0.3, -0.25) is 9.59 Å². The molecule has 27 heavy (non-hydrogen) atoms. The summed E-state index contributed by atoms with van der Waals surface area (Å²) in [5.74, 6) is -0.146. The minimum Gasteiger partial charge on any atom is -0.332 e. The van der Waals surface area contributed by atoms with Crippen LogP contribution in [-0.4, -0.2) is 76.3 Å². The van der Waals surface area contributed by atoms with Crippen LogP contribution in [0.2, 0.25) is 5.02 Å². The average molecular weight is 418 g/mol. The minimum atomic E-state index is -3.61. The Labute approximate surface area is 165 Å². The molecule has 1 fully saturated rings. The summed E-state index contributed by atoms with van der Waals surface area (Å²) in [6, 6.07) is 4.24. The molecule has 150 valence electrons. The highest BCUT2D eigenvalue weighted by atomic mass is 35.5. The van der Waals surface area contributed by atoms with Gasteiger partial charge < -0.3 is 15.1 Å². The topological polar surface area (TPSA) is 91.2 Å². The minimum absolute atomic E-state index is 0.0678. The lowest BCUT2D eigenvalue weighted by molar-refractivity contribution is -0.903. The summed E-state index contributed by atoms with van der Waals surface area (Å²) in [4.78, 5) is 26.7. The third kappa shape index (κ3) is 5.65. The van der Waals surface area contributed by atoms with Gasteiger partial charge in [-0.15, -0.1) is 0 Å². The number of nitrogens with one attached hydrogen (secondary N) is 2. The maximum Gasteiger partial charge on any atom is 0.242 e. The molecule has 2 rings (SSSR count). The Balaban J connectivity index is 1.93. The number of piperazine rings is 1. The SMILES string of the molecule is CC(=O)N1CC[NH+](CCC(=O)Nc2cc(S(=O)(=O)N(C)C)ccc2Cl)CC1. The molecule has 1 aromatic rings. The van der Waals surface area contributed by atoms with Gasteiger partial charge in [-0.05, 0) is 18.2 Å². The van der Waals surface area contributed by atoms with Crippen molar-refractivity contribution in [3.8, 4) is 0 Å². The first-order chi connectivity index (χ1) is 12.6. The van der Waals surface area contributed by atoms with Crippen LogP contribution in [0, 0.1) is 0 Å². The Kier molecular flexibility index (Phi) is 7.21. The van der Waals surface area contributed by atoms with Gasteiger partial charge in [0.1, 0.15) is 0 Å². The lowest BCUT2D eigenvalue weighted by Gasteiger charge is -2.31. The second kappa shape index (κ2) is 9.01. The average Bonchev–Trinajstić information content (AvgIpc) is 2.61. The molecule has 10 heteroatoms. The largest absolute Gasteiger partial charge is 0.332 e. The summed E-state index contributed by atoms with van der Waals surface area (Å²) in [7, 11) is -0.724. The molecule has 1 aliphatic heterocycles. The van der Waals surface area contributed by atoms with E-state index >= 15 is 0 Å². The summed E-state index contributed by atoms with van der Waals surface area (Å²) in [5, 5.41) is 2.98. The predicted molar refractivity (Wildman–Crippen MR) is 103 cm³/mol. The Bertz CT molecular complexity index is 805. The van der Waals surface area contributed by atoms with Crippen molar-refractivity contribution in [1.29, 1.82) is 0 Å². The number of benzene rings is 1. The van der Waals surface area contributed by atoms with Gasteiger partial charge in [0.05, 0.1) is 54.8 Å². The summed E-state index contributed by atoms with van der Waals surface area (Å²) in [5.41, 5.74) is 0.279. The van der Waals surface area contributed by atoms with E-state index in [1.54, 1.807) is 11.8 Å². The molecule has 1 saturated heterocycles. The van der Waals surface area contributed by atoms with E-state index in [9.17, 15) is 18.0 Å². The highest BCUT2D eigenvalue weighted by Crippen LogP contribution is 2.26. The lowest BCUT2D eigenvalue weighted by atomic mass is 10.2. The van der Waals surface area contributed by atoms with Gasteiger partial charge in [-0.1, -0.05) is 11.6 Å². The van der Waals surface area contributed by atoms with Crippen LogP contribution in [0.25, 0.3) is 0 Å². The molecule has 0 atom stereocenters. The zero-order valence-electron chi connectivity index (χ0n) is 15.8. The van der Waals surface area contributed by atoms with E-state index in [0.29, 0.717) is 19.6 Å². The van der Waals surface area contributed by atoms with E-state index in [1.807, 2.05) is 0 Å². The predicted octanol–water partition coefficient (Wildman–Crippen LogP) is -0.334. The van der Waals surface area contributed by atoms with Crippen LogP contribution in [0.4, 0.5) is 5.69 Å². The number of hydrogen-bond acceptors (Lipinski definition) is 4. The van der Waals surface area contributed by atoms with Crippen molar-refractivity contribution in [2.45, 2.75) is 18.2 Å². The standard InChI is InChI=1S/C17H25ClN4O4S/c1-13(23)22-10-8-21(9-11-22)7-6-17(24)19-16-12-14(4-5-15(16)18)27(25,26)20(2)3/h4-5,12H,6-11H2,1-3H3,(H,19,24)/p+1. The molecular formula is C17H26ClN4O4S+. The van der Waals surface area contributed by atoms with Crippen LogP contribution in [0.15, 0.2) is 23.1 Å². The van der Waals surface area contributed by atoms with Crippen LogP contribution >= 0.6 is 11.6 Å². The van der Waals surface area contributed by atoms with Gasteiger partial charge in [-0.2, -0.15) is 0 Å².